The molecule has 2 aliphatic rings. The molecule has 2 aliphatic heterocycles. The molecule has 31 heavy (non-hydrogen) atoms. The Kier molecular flexibility index (Phi) is 6.73. The molecule has 1 aromatic carbocycles. The van der Waals surface area contributed by atoms with Gasteiger partial charge in [-0.25, -0.2) is 18.7 Å². The van der Waals surface area contributed by atoms with Crippen molar-refractivity contribution < 1.29 is 28.3 Å². The van der Waals surface area contributed by atoms with Crippen molar-refractivity contribution in [3.05, 3.63) is 41.0 Å². The van der Waals surface area contributed by atoms with E-state index in [0.29, 0.717) is 13.0 Å². The predicted octanol–water partition coefficient (Wildman–Crippen LogP) is 1.99. The Morgan fingerprint density at radius 2 is 1.71 bits per heavy atom. The number of carboxylic acid groups (broad SMARTS) is 1. The average molecular weight is 452 g/mol. The van der Waals surface area contributed by atoms with Crippen molar-refractivity contribution in [1.29, 1.82) is 0 Å². The van der Waals surface area contributed by atoms with Crippen LogP contribution in [0.2, 0.25) is 0 Å². The van der Waals surface area contributed by atoms with Crippen LogP contribution < -0.4 is 5.48 Å². The second-order valence-corrected chi connectivity index (χ2v) is 10.4. The molecule has 0 aliphatic carbocycles. The molecule has 1 aromatic rings. The van der Waals surface area contributed by atoms with Crippen LogP contribution in [-0.2, 0) is 14.8 Å². The fraction of sp³-hybridized carbons (Fsp3) is 0.524. The molecular weight excluding hydrogens is 422 g/mol. The van der Waals surface area contributed by atoms with Gasteiger partial charge in [0.25, 0.3) is 5.91 Å². The molecule has 0 aromatic heterocycles. The Labute approximate surface area is 182 Å². The Balaban J connectivity index is 1.76. The highest BCUT2D eigenvalue weighted by Crippen LogP contribution is 2.35. The van der Waals surface area contributed by atoms with Gasteiger partial charge in [0.2, 0.25) is 10.0 Å². The van der Waals surface area contributed by atoms with Gasteiger partial charge in [0.05, 0.1) is 11.2 Å². The minimum absolute atomic E-state index is 0.0302. The van der Waals surface area contributed by atoms with Gasteiger partial charge in [-0.05, 0) is 44.2 Å². The van der Waals surface area contributed by atoms with E-state index in [-0.39, 0.29) is 32.5 Å². The van der Waals surface area contributed by atoms with Crippen LogP contribution in [0.3, 0.4) is 0 Å². The summed E-state index contributed by atoms with van der Waals surface area (Å²) in [5, 5.41) is 18.3. The van der Waals surface area contributed by atoms with E-state index < -0.39 is 33.2 Å². The summed E-state index contributed by atoms with van der Waals surface area (Å²) in [6, 6.07) is 6.25. The number of nitrogens with one attached hydrogen (secondary N) is 1. The number of hydrogen-bond acceptors (Lipinski definition) is 5. The molecule has 9 nitrogen and oxygen atoms in total. The number of aryl methyl sites for hydroxylation is 2. The minimum Gasteiger partial charge on any atom is -0.465 e. The normalized spacial score (nSPS) is 19.6. The number of hydrogen-bond donors (Lipinski definition) is 3. The summed E-state index contributed by atoms with van der Waals surface area (Å²) in [5.74, 6) is -1.25. The largest absolute Gasteiger partial charge is 0.465 e. The molecule has 3 rings (SSSR count). The van der Waals surface area contributed by atoms with Crippen molar-refractivity contribution in [3.8, 4) is 0 Å². The second kappa shape index (κ2) is 8.97. The summed E-state index contributed by atoms with van der Waals surface area (Å²) in [5.41, 5.74) is 4.70. The third-order valence-corrected chi connectivity index (χ3v) is 8.23. The van der Waals surface area contributed by atoms with Gasteiger partial charge < -0.3 is 10.0 Å². The summed E-state index contributed by atoms with van der Waals surface area (Å²) >= 11 is 0. The van der Waals surface area contributed by atoms with Gasteiger partial charge in [0.1, 0.15) is 0 Å². The van der Waals surface area contributed by atoms with Crippen molar-refractivity contribution in [1.82, 2.24) is 14.7 Å². The number of likely N-dealkylation sites (tertiary alicyclic amines) is 1. The molecule has 0 atom stereocenters. The third kappa shape index (κ3) is 5.08. The molecule has 1 saturated heterocycles. The number of benzene rings is 1. The standard InChI is InChI=1S/C21H29N3O6S/c1-15-11-16(2)13-18(12-15)17-3-7-24(8-4-17)31(29,30)14-21(19(25)22-28)5-9-23(10-6-21)20(26)27/h3,11-13,28H,4-10,14H2,1-2H3,(H,22,25)(H,26,27). The molecule has 10 heteroatoms. The minimum atomic E-state index is -3.81. The van der Waals surface area contributed by atoms with E-state index in [0.717, 1.165) is 27.2 Å². The first-order chi connectivity index (χ1) is 14.6. The molecule has 170 valence electrons. The zero-order valence-corrected chi connectivity index (χ0v) is 18.6. The van der Waals surface area contributed by atoms with Gasteiger partial charge in [-0.1, -0.05) is 35.4 Å². The fourth-order valence-corrected chi connectivity index (χ4v) is 6.42. The zero-order chi connectivity index (χ0) is 22.8. The van der Waals surface area contributed by atoms with Crippen LogP contribution >= 0.6 is 0 Å². The number of sulfonamides is 1. The topological polar surface area (TPSA) is 127 Å². The lowest BCUT2D eigenvalue weighted by Crippen LogP contribution is -2.54. The molecule has 0 bridgehead atoms. The van der Waals surface area contributed by atoms with Crippen molar-refractivity contribution in [2.75, 3.05) is 31.9 Å². The Bertz CT molecular complexity index is 976. The first-order valence-corrected chi connectivity index (χ1v) is 11.9. The Hall–Kier alpha value is -2.43. The lowest BCUT2D eigenvalue weighted by molar-refractivity contribution is -0.141. The summed E-state index contributed by atoms with van der Waals surface area (Å²) < 4.78 is 27.7. The number of piperidine rings is 1. The van der Waals surface area contributed by atoms with Crippen LogP contribution in [0, 0.1) is 19.3 Å². The number of carbonyl (C=O) groups excluding carboxylic acids is 1. The van der Waals surface area contributed by atoms with Gasteiger partial charge in [-0.2, -0.15) is 4.31 Å². The number of nitrogens with zero attached hydrogens (tertiary/aromatic N) is 2. The van der Waals surface area contributed by atoms with Gasteiger partial charge in [-0.15, -0.1) is 0 Å². The molecule has 0 radical (unpaired) electrons. The van der Waals surface area contributed by atoms with Gasteiger partial charge >= 0.3 is 6.09 Å². The quantitative estimate of drug-likeness (QED) is 0.464. The summed E-state index contributed by atoms with van der Waals surface area (Å²) in [6.45, 7) is 4.64. The predicted molar refractivity (Wildman–Crippen MR) is 115 cm³/mol. The van der Waals surface area contributed by atoms with Gasteiger partial charge in [0, 0.05) is 26.2 Å². The molecule has 3 N–H and O–H groups in total. The Morgan fingerprint density at radius 1 is 1.10 bits per heavy atom. The molecule has 1 fully saturated rings. The monoisotopic (exact) mass is 451 g/mol. The highest BCUT2D eigenvalue weighted by molar-refractivity contribution is 7.89. The summed E-state index contributed by atoms with van der Waals surface area (Å²) in [7, 11) is -3.81. The van der Waals surface area contributed by atoms with E-state index in [1.54, 1.807) is 5.48 Å². The number of carbonyl (C=O) groups is 2. The van der Waals surface area contributed by atoms with E-state index in [4.69, 9.17) is 5.11 Å². The maximum atomic E-state index is 13.2. The number of hydroxylamine groups is 1. The molecular formula is C21H29N3O6S. The summed E-state index contributed by atoms with van der Waals surface area (Å²) in [6.07, 6.45) is 1.42. The van der Waals surface area contributed by atoms with Crippen LogP contribution in [0.15, 0.2) is 24.3 Å². The van der Waals surface area contributed by atoms with Crippen LogP contribution in [-0.4, -0.2) is 71.9 Å². The van der Waals surface area contributed by atoms with Crippen molar-refractivity contribution in [3.63, 3.8) is 0 Å². The SMILES string of the molecule is Cc1cc(C)cc(C2=CCN(S(=O)(=O)CC3(C(=O)NO)CCN(C(=O)O)CC3)CC2)c1. The highest BCUT2D eigenvalue weighted by Gasteiger charge is 2.47. The summed E-state index contributed by atoms with van der Waals surface area (Å²) in [4.78, 5) is 24.7. The smallest absolute Gasteiger partial charge is 0.407 e. The molecule has 2 amide bonds. The molecule has 2 heterocycles. The number of rotatable bonds is 5. The van der Waals surface area contributed by atoms with Crippen LogP contribution in [0.1, 0.15) is 36.0 Å². The fourth-order valence-electron chi connectivity index (χ4n) is 4.45. The van der Waals surface area contributed by atoms with Crippen molar-refractivity contribution in [2.24, 2.45) is 5.41 Å². The molecule has 0 spiro atoms. The zero-order valence-electron chi connectivity index (χ0n) is 17.8. The maximum absolute atomic E-state index is 13.2. The van der Waals surface area contributed by atoms with E-state index in [1.807, 2.05) is 19.9 Å². The highest BCUT2D eigenvalue weighted by atomic mass is 32.2. The van der Waals surface area contributed by atoms with Crippen LogP contribution in [0.5, 0.6) is 0 Å². The lowest BCUT2D eigenvalue weighted by Gasteiger charge is -2.40. The molecule has 0 unspecified atom stereocenters. The first-order valence-electron chi connectivity index (χ1n) is 10.2. The maximum Gasteiger partial charge on any atom is 0.407 e. The van der Waals surface area contributed by atoms with Crippen molar-refractivity contribution in [2.45, 2.75) is 33.1 Å². The van der Waals surface area contributed by atoms with Crippen LogP contribution in [0.25, 0.3) is 5.57 Å². The van der Waals surface area contributed by atoms with E-state index >= 15 is 0 Å². The third-order valence-electron chi connectivity index (χ3n) is 6.19. The van der Waals surface area contributed by atoms with Crippen molar-refractivity contribution >= 4 is 27.6 Å². The first kappa shape index (κ1) is 23.2. The second-order valence-electron chi connectivity index (χ2n) is 8.46. The number of amides is 2. The van der Waals surface area contributed by atoms with Gasteiger partial charge in [-0.3, -0.25) is 10.0 Å². The van der Waals surface area contributed by atoms with E-state index in [1.165, 1.54) is 4.31 Å². The molecule has 0 saturated carbocycles. The average Bonchev–Trinajstić information content (AvgIpc) is 2.72. The van der Waals surface area contributed by atoms with E-state index in [9.17, 15) is 23.2 Å². The van der Waals surface area contributed by atoms with E-state index in [2.05, 4.69) is 18.2 Å². The lowest BCUT2D eigenvalue weighted by atomic mass is 9.79. The van der Waals surface area contributed by atoms with Crippen LogP contribution in [0.4, 0.5) is 4.79 Å². The Morgan fingerprint density at radius 3 is 2.19 bits per heavy atom. The van der Waals surface area contributed by atoms with Gasteiger partial charge in [0.15, 0.2) is 0 Å².